The minimum atomic E-state index is -0.545. The fraction of sp³-hybridized carbons (Fsp3) is 0.591. The van der Waals surface area contributed by atoms with Crippen molar-refractivity contribution in [2.45, 2.75) is 69.2 Å². The smallest absolute Gasteiger partial charge is 0.328 e. The normalized spacial score (nSPS) is 26.0. The van der Waals surface area contributed by atoms with Crippen LogP contribution in [0.1, 0.15) is 68.7 Å². The SMILES string of the molecule is O=C1CCCC[C@@]12CCCc1c2noc1-c1nc(Cl)c2[nH]c(=O)n(C3CCCOC3)c2n1. The zero-order valence-corrected chi connectivity index (χ0v) is 18.4. The number of carbonyl (C=O) groups is 1. The van der Waals surface area contributed by atoms with Gasteiger partial charge >= 0.3 is 5.69 Å². The molecule has 6 rings (SSSR count). The van der Waals surface area contributed by atoms with Crippen LogP contribution in [0, 0.1) is 0 Å². The predicted molar refractivity (Wildman–Crippen MR) is 116 cm³/mol. The van der Waals surface area contributed by atoms with Crippen molar-refractivity contribution in [3.63, 3.8) is 0 Å². The van der Waals surface area contributed by atoms with Crippen molar-refractivity contribution in [3.05, 3.63) is 26.9 Å². The number of H-pyrrole nitrogens is 1. The molecule has 9 nitrogen and oxygen atoms in total. The average molecular weight is 458 g/mol. The van der Waals surface area contributed by atoms with Gasteiger partial charge in [0.2, 0.25) is 11.6 Å². The quantitative estimate of drug-likeness (QED) is 0.585. The number of aromatic amines is 1. The number of hydrogen-bond donors (Lipinski definition) is 1. The van der Waals surface area contributed by atoms with Gasteiger partial charge in [-0.05, 0) is 44.9 Å². The molecule has 3 aliphatic rings. The molecule has 1 saturated heterocycles. The Morgan fingerprint density at radius 3 is 2.78 bits per heavy atom. The molecule has 2 atom stereocenters. The first kappa shape index (κ1) is 20.1. The van der Waals surface area contributed by atoms with E-state index >= 15 is 0 Å². The first-order valence-electron chi connectivity index (χ1n) is 11.4. The third-order valence-electron chi connectivity index (χ3n) is 7.29. The van der Waals surface area contributed by atoms with Crippen LogP contribution in [0.3, 0.4) is 0 Å². The van der Waals surface area contributed by atoms with Crippen LogP contribution < -0.4 is 5.69 Å². The van der Waals surface area contributed by atoms with Crippen LogP contribution in [-0.2, 0) is 21.4 Å². The lowest BCUT2D eigenvalue weighted by molar-refractivity contribution is -0.127. The number of ketones is 1. The van der Waals surface area contributed by atoms with Crippen molar-refractivity contribution >= 4 is 28.5 Å². The fourth-order valence-electron chi connectivity index (χ4n) is 5.72. The Labute approximate surface area is 188 Å². The third kappa shape index (κ3) is 2.90. The molecule has 0 amide bonds. The Bertz CT molecular complexity index is 1270. The minimum Gasteiger partial charge on any atom is -0.379 e. The van der Waals surface area contributed by atoms with Crippen molar-refractivity contribution in [2.24, 2.45) is 0 Å². The van der Waals surface area contributed by atoms with Crippen LogP contribution in [0.2, 0.25) is 5.15 Å². The van der Waals surface area contributed by atoms with Gasteiger partial charge in [-0.15, -0.1) is 0 Å². The molecule has 1 saturated carbocycles. The van der Waals surface area contributed by atoms with Crippen LogP contribution in [0.15, 0.2) is 9.32 Å². The first-order chi connectivity index (χ1) is 15.6. The number of fused-ring (bicyclic) bond motifs is 3. The summed E-state index contributed by atoms with van der Waals surface area (Å²) in [6, 6.07) is -0.115. The second-order valence-corrected chi connectivity index (χ2v) is 9.47. The summed E-state index contributed by atoms with van der Waals surface area (Å²) in [4.78, 5) is 37.6. The number of hydrogen-bond acceptors (Lipinski definition) is 7. The van der Waals surface area contributed by atoms with E-state index in [4.69, 9.17) is 25.8 Å². The van der Waals surface area contributed by atoms with Crippen molar-refractivity contribution in [2.75, 3.05) is 13.2 Å². The average Bonchev–Trinajstić information content (AvgIpc) is 3.38. The highest BCUT2D eigenvalue weighted by atomic mass is 35.5. The number of imidazole rings is 1. The molecule has 3 aromatic rings. The summed E-state index contributed by atoms with van der Waals surface area (Å²) < 4.78 is 13.0. The lowest BCUT2D eigenvalue weighted by Crippen LogP contribution is -2.41. The summed E-state index contributed by atoms with van der Waals surface area (Å²) in [7, 11) is 0. The summed E-state index contributed by atoms with van der Waals surface area (Å²) in [6.07, 6.45) is 7.50. The van der Waals surface area contributed by atoms with E-state index in [9.17, 15) is 9.59 Å². The molecule has 3 aromatic heterocycles. The number of nitrogens with zero attached hydrogens (tertiary/aromatic N) is 4. The van der Waals surface area contributed by atoms with Crippen LogP contribution in [-0.4, -0.2) is 43.7 Å². The van der Waals surface area contributed by atoms with Gasteiger partial charge in [-0.3, -0.25) is 9.36 Å². The molecule has 1 aliphatic heterocycles. The topological polar surface area (TPSA) is 116 Å². The molecule has 2 fully saturated rings. The van der Waals surface area contributed by atoms with E-state index in [1.165, 1.54) is 0 Å². The highest BCUT2D eigenvalue weighted by molar-refractivity contribution is 6.33. The Hall–Kier alpha value is -2.52. The van der Waals surface area contributed by atoms with Gasteiger partial charge in [-0.1, -0.05) is 23.2 Å². The van der Waals surface area contributed by atoms with E-state index in [1.54, 1.807) is 4.57 Å². The summed E-state index contributed by atoms with van der Waals surface area (Å²) in [5.74, 6) is 0.998. The molecule has 10 heteroatoms. The molecule has 1 N–H and O–H groups in total. The van der Waals surface area contributed by atoms with E-state index in [2.05, 4.69) is 15.1 Å². The molecule has 0 bridgehead atoms. The fourth-order valence-corrected chi connectivity index (χ4v) is 5.93. The maximum atomic E-state index is 12.9. The van der Waals surface area contributed by atoms with Crippen LogP contribution in [0.5, 0.6) is 0 Å². The van der Waals surface area contributed by atoms with Crippen molar-refractivity contribution in [3.8, 4) is 11.6 Å². The predicted octanol–water partition coefficient (Wildman–Crippen LogP) is 3.50. The zero-order valence-electron chi connectivity index (χ0n) is 17.7. The van der Waals surface area contributed by atoms with Gasteiger partial charge in [0.25, 0.3) is 0 Å². The molecule has 0 radical (unpaired) electrons. The Balaban J connectivity index is 1.49. The summed E-state index contributed by atoms with van der Waals surface area (Å²) in [6.45, 7) is 1.14. The highest BCUT2D eigenvalue weighted by Gasteiger charge is 2.48. The summed E-state index contributed by atoms with van der Waals surface area (Å²) in [5, 5.41) is 4.53. The first-order valence-corrected chi connectivity index (χ1v) is 11.7. The standard InChI is InChI=1S/C22H24ClN5O4/c23-18-15-20(28(21(30)24-15)12-5-4-10-31-11-12)26-19(25-18)16-13-6-3-9-22(17(13)27-32-16)8-2-1-7-14(22)29/h12H,1-11H2,(H,24,30)/t12?,22-/m1/s1. The van der Waals surface area contributed by atoms with Gasteiger partial charge in [0.1, 0.15) is 17.0 Å². The largest absolute Gasteiger partial charge is 0.379 e. The van der Waals surface area contributed by atoms with Crippen LogP contribution in [0.4, 0.5) is 0 Å². The van der Waals surface area contributed by atoms with Crippen LogP contribution >= 0.6 is 11.6 Å². The number of ether oxygens (including phenoxy) is 1. The maximum absolute atomic E-state index is 12.9. The second-order valence-electron chi connectivity index (χ2n) is 9.11. The van der Waals surface area contributed by atoms with Gasteiger partial charge in [0.15, 0.2) is 10.8 Å². The van der Waals surface area contributed by atoms with E-state index in [0.29, 0.717) is 42.4 Å². The van der Waals surface area contributed by atoms with Crippen molar-refractivity contribution in [1.82, 2.24) is 24.7 Å². The van der Waals surface area contributed by atoms with Gasteiger partial charge < -0.3 is 14.2 Å². The minimum absolute atomic E-state index is 0.115. The van der Waals surface area contributed by atoms with E-state index in [-0.39, 0.29) is 22.7 Å². The molecule has 1 unspecified atom stereocenters. The molecule has 4 heterocycles. The highest BCUT2D eigenvalue weighted by Crippen LogP contribution is 2.47. The lowest BCUT2D eigenvalue weighted by atomic mass is 9.64. The van der Waals surface area contributed by atoms with Gasteiger partial charge in [-0.25, -0.2) is 14.8 Å². The van der Waals surface area contributed by atoms with Crippen molar-refractivity contribution in [1.29, 1.82) is 0 Å². The van der Waals surface area contributed by atoms with Crippen molar-refractivity contribution < 1.29 is 14.1 Å². The van der Waals surface area contributed by atoms with Gasteiger partial charge in [0, 0.05) is 18.6 Å². The number of carbonyl (C=O) groups excluding carboxylic acids is 1. The molecule has 2 aliphatic carbocycles. The number of halogens is 1. The van der Waals surface area contributed by atoms with E-state index in [1.807, 2.05) is 0 Å². The Morgan fingerprint density at radius 2 is 1.97 bits per heavy atom. The summed E-state index contributed by atoms with van der Waals surface area (Å²) in [5.41, 5.74) is 1.65. The number of Topliss-reactive ketones (excluding diaryl/α,β-unsaturated/α-hetero) is 1. The summed E-state index contributed by atoms with van der Waals surface area (Å²) >= 11 is 6.47. The number of rotatable bonds is 2. The maximum Gasteiger partial charge on any atom is 0.328 e. The lowest BCUT2D eigenvalue weighted by Gasteiger charge is -2.37. The van der Waals surface area contributed by atoms with E-state index in [0.717, 1.165) is 62.6 Å². The second kappa shape index (κ2) is 7.52. The zero-order chi connectivity index (χ0) is 21.9. The van der Waals surface area contributed by atoms with E-state index < -0.39 is 5.41 Å². The number of nitrogens with one attached hydrogen (secondary N) is 1. The van der Waals surface area contributed by atoms with Crippen LogP contribution in [0.25, 0.3) is 22.7 Å². The molecule has 1 spiro atoms. The number of aromatic nitrogens is 5. The van der Waals surface area contributed by atoms with Gasteiger partial charge in [0.05, 0.1) is 18.1 Å². The Kier molecular flexibility index (Phi) is 4.73. The molecule has 0 aromatic carbocycles. The third-order valence-corrected chi connectivity index (χ3v) is 7.57. The molecular weight excluding hydrogens is 434 g/mol. The molecule has 168 valence electrons. The Morgan fingerprint density at radius 1 is 1.09 bits per heavy atom. The molecular formula is C22H24ClN5O4. The van der Waals surface area contributed by atoms with Gasteiger partial charge in [-0.2, -0.15) is 0 Å². The monoisotopic (exact) mass is 457 g/mol. The molecule has 32 heavy (non-hydrogen) atoms.